The second kappa shape index (κ2) is 11.0. The van der Waals surface area contributed by atoms with Gasteiger partial charge in [-0.15, -0.1) is 0 Å². The Balaban J connectivity index is 1.14. The Labute approximate surface area is 285 Å². The summed E-state index contributed by atoms with van der Waals surface area (Å²) in [6.45, 7) is 0. The van der Waals surface area contributed by atoms with Gasteiger partial charge in [0.05, 0.1) is 11.4 Å². The maximum absolute atomic E-state index is 4.79. The second-order valence-electron chi connectivity index (χ2n) is 12.8. The number of benzene rings is 8. The zero-order chi connectivity index (χ0) is 32.3. The van der Waals surface area contributed by atoms with Gasteiger partial charge in [-0.1, -0.05) is 127 Å². The lowest BCUT2D eigenvalue weighted by Crippen LogP contribution is -2.10. The Morgan fingerprint density at radius 3 is 1.49 bits per heavy atom. The largest absolute Gasteiger partial charge is 0.309 e. The molecule has 10 rings (SSSR count). The fourth-order valence-electron chi connectivity index (χ4n) is 7.80. The number of rotatable bonds is 3. The van der Waals surface area contributed by atoms with Crippen molar-refractivity contribution in [3.8, 4) is 44.5 Å². The molecule has 0 N–H and O–H groups in total. The highest BCUT2D eigenvalue weighted by Gasteiger charge is 2.26. The van der Waals surface area contributed by atoms with Crippen molar-refractivity contribution < 1.29 is 0 Å². The molecule has 0 fully saturated rings. The molecule has 1 aromatic heterocycles. The fraction of sp³-hybridized carbons (Fsp3) is 0. The third kappa shape index (κ3) is 4.38. The van der Waals surface area contributed by atoms with Gasteiger partial charge in [-0.2, -0.15) is 0 Å². The van der Waals surface area contributed by atoms with Crippen LogP contribution in [0.2, 0.25) is 0 Å². The lowest BCUT2D eigenvalue weighted by atomic mass is 9.91. The van der Waals surface area contributed by atoms with E-state index < -0.39 is 0 Å². The molecule has 0 amide bonds. The topological polar surface area (TPSA) is 16.1 Å². The van der Waals surface area contributed by atoms with Crippen LogP contribution in [-0.2, 0) is 0 Å². The molecule has 49 heavy (non-hydrogen) atoms. The molecule has 1 aliphatic heterocycles. The average Bonchev–Trinajstić information content (AvgIpc) is 3.31. The van der Waals surface area contributed by atoms with Gasteiger partial charge in [0.25, 0.3) is 0 Å². The predicted molar refractivity (Wildman–Crippen MR) is 207 cm³/mol. The van der Waals surface area contributed by atoms with Crippen molar-refractivity contribution in [3.63, 3.8) is 0 Å². The third-order valence-corrected chi connectivity index (χ3v) is 10.1. The van der Waals surface area contributed by atoms with Crippen molar-refractivity contribution in [2.45, 2.75) is 0 Å². The van der Waals surface area contributed by atoms with E-state index >= 15 is 0 Å². The van der Waals surface area contributed by atoms with E-state index in [2.05, 4.69) is 175 Å². The van der Waals surface area contributed by atoms with Crippen LogP contribution >= 0.6 is 0 Å². The zero-order valence-electron chi connectivity index (χ0n) is 26.7. The molecule has 1 aliphatic rings. The minimum atomic E-state index is 1.09. The number of para-hydroxylation sites is 2. The number of pyridine rings is 1. The van der Waals surface area contributed by atoms with Gasteiger partial charge in [-0.25, -0.2) is 0 Å². The molecule has 0 saturated heterocycles. The van der Waals surface area contributed by atoms with Crippen molar-refractivity contribution in [1.82, 2.24) is 4.98 Å². The molecule has 9 aromatic rings. The normalized spacial score (nSPS) is 12.0. The van der Waals surface area contributed by atoms with Crippen LogP contribution in [0.5, 0.6) is 0 Å². The maximum Gasteiger partial charge on any atom is 0.0540 e. The minimum Gasteiger partial charge on any atom is -0.309 e. The number of nitrogens with zero attached hydrogens (tertiary/aromatic N) is 2. The lowest BCUT2D eigenvalue weighted by Gasteiger charge is -2.27. The smallest absolute Gasteiger partial charge is 0.0540 e. The standard InChI is InChI=1S/C47H30N2/c1-2-12-35(13-3-1)49-46-21-11-10-20-43(46)39-17-7-9-19-41(39)45-28-32(23-25-47(45)49)34-26-33(29-48-30-34)31-22-24-42-38-16-5-4-14-36(38)37-15-6-8-18-40(37)44(42)27-31/h1-30H. The molecule has 0 radical (unpaired) electrons. The van der Waals surface area contributed by atoms with Crippen LogP contribution in [-0.4, -0.2) is 4.98 Å². The first kappa shape index (κ1) is 27.6. The summed E-state index contributed by atoms with van der Waals surface area (Å²) in [6, 6.07) is 61.7. The molecule has 228 valence electrons. The molecule has 2 nitrogen and oxygen atoms in total. The van der Waals surface area contributed by atoms with Crippen LogP contribution in [0.15, 0.2) is 182 Å². The number of hydrogen-bond acceptors (Lipinski definition) is 2. The SMILES string of the molecule is c1ccc(N2c3ccccc3-c3ccccc3-c3cc(-c4cncc(-c5ccc6c7ccccc7c7ccccc7c6c5)c4)ccc32)cc1. The second-order valence-corrected chi connectivity index (χ2v) is 12.8. The van der Waals surface area contributed by atoms with E-state index in [4.69, 9.17) is 4.98 Å². The predicted octanol–water partition coefficient (Wildman–Crippen LogP) is 13.0. The highest BCUT2D eigenvalue weighted by atomic mass is 15.1. The molecule has 8 aromatic carbocycles. The van der Waals surface area contributed by atoms with Crippen LogP contribution in [0.1, 0.15) is 0 Å². The maximum atomic E-state index is 4.79. The molecule has 0 aliphatic carbocycles. The highest BCUT2D eigenvalue weighted by Crippen LogP contribution is 2.51. The van der Waals surface area contributed by atoms with Crippen molar-refractivity contribution in [2.75, 3.05) is 4.90 Å². The minimum absolute atomic E-state index is 1.09. The summed E-state index contributed by atoms with van der Waals surface area (Å²) in [4.78, 5) is 7.18. The first-order chi connectivity index (χ1) is 24.3. The van der Waals surface area contributed by atoms with Crippen LogP contribution < -0.4 is 4.90 Å². The number of fused-ring (bicyclic) bond motifs is 11. The van der Waals surface area contributed by atoms with E-state index in [0.29, 0.717) is 0 Å². The van der Waals surface area contributed by atoms with Crippen LogP contribution in [0.4, 0.5) is 17.1 Å². The van der Waals surface area contributed by atoms with Gasteiger partial charge in [0.2, 0.25) is 0 Å². The van der Waals surface area contributed by atoms with E-state index in [1.54, 1.807) is 0 Å². The third-order valence-electron chi connectivity index (χ3n) is 10.1. The molecule has 0 unspecified atom stereocenters. The van der Waals surface area contributed by atoms with Gasteiger partial charge in [0.1, 0.15) is 0 Å². The lowest BCUT2D eigenvalue weighted by molar-refractivity contribution is 1.29. The van der Waals surface area contributed by atoms with E-state index in [1.165, 1.54) is 60.3 Å². The molecule has 0 bridgehead atoms. The summed E-state index contributed by atoms with van der Waals surface area (Å²) >= 11 is 0. The summed E-state index contributed by atoms with van der Waals surface area (Å²) < 4.78 is 0. The molecule has 0 spiro atoms. The van der Waals surface area contributed by atoms with E-state index in [9.17, 15) is 0 Å². The van der Waals surface area contributed by atoms with Crippen molar-refractivity contribution in [3.05, 3.63) is 182 Å². The van der Waals surface area contributed by atoms with Crippen LogP contribution in [0.3, 0.4) is 0 Å². The summed E-state index contributed by atoms with van der Waals surface area (Å²) in [7, 11) is 0. The monoisotopic (exact) mass is 622 g/mol. The number of aromatic nitrogens is 1. The summed E-state index contributed by atoms with van der Waals surface area (Å²) in [6.07, 6.45) is 3.97. The number of hydrogen-bond donors (Lipinski definition) is 0. The van der Waals surface area contributed by atoms with Gasteiger partial charge in [-0.3, -0.25) is 4.98 Å². The van der Waals surface area contributed by atoms with Crippen molar-refractivity contribution >= 4 is 49.4 Å². The Morgan fingerprint density at radius 1 is 0.306 bits per heavy atom. The quantitative estimate of drug-likeness (QED) is 0.182. The van der Waals surface area contributed by atoms with Crippen molar-refractivity contribution in [2.24, 2.45) is 0 Å². The Kier molecular flexibility index (Phi) is 6.22. The Morgan fingerprint density at radius 2 is 0.796 bits per heavy atom. The van der Waals surface area contributed by atoms with Gasteiger partial charge in [0.15, 0.2) is 0 Å². The number of anilines is 3. The van der Waals surface area contributed by atoms with Gasteiger partial charge < -0.3 is 4.90 Å². The fourth-order valence-corrected chi connectivity index (χ4v) is 7.80. The van der Waals surface area contributed by atoms with Gasteiger partial charge in [0, 0.05) is 40.3 Å². The molecular weight excluding hydrogens is 593 g/mol. The van der Waals surface area contributed by atoms with Crippen LogP contribution in [0.25, 0.3) is 76.8 Å². The highest BCUT2D eigenvalue weighted by molar-refractivity contribution is 6.25. The zero-order valence-corrected chi connectivity index (χ0v) is 26.7. The summed E-state index contributed by atoms with van der Waals surface area (Å²) in [5.41, 5.74) is 12.8. The van der Waals surface area contributed by atoms with Crippen LogP contribution in [0, 0.1) is 0 Å². The first-order valence-corrected chi connectivity index (χ1v) is 16.8. The molecule has 2 heteroatoms. The molecule has 0 atom stereocenters. The summed E-state index contributed by atoms with van der Waals surface area (Å²) in [5, 5.41) is 7.67. The van der Waals surface area contributed by atoms with E-state index in [-0.39, 0.29) is 0 Å². The Bertz CT molecular complexity index is 2690. The van der Waals surface area contributed by atoms with E-state index in [1.807, 2.05) is 12.4 Å². The molecule has 0 saturated carbocycles. The van der Waals surface area contributed by atoms with Gasteiger partial charge in [-0.05, 0) is 97.0 Å². The first-order valence-electron chi connectivity index (χ1n) is 16.8. The molecule has 2 heterocycles. The Hall–Kier alpha value is -6.51. The van der Waals surface area contributed by atoms with E-state index in [0.717, 1.165) is 33.6 Å². The summed E-state index contributed by atoms with van der Waals surface area (Å²) in [5.74, 6) is 0. The van der Waals surface area contributed by atoms with Gasteiger partial charge >= 0.3 is 0 Å². The molecular formula is C47H30N2. The average molecular weight is 623 g/mol. The van der Waals surface area contributed by atoms with Crippen molar-refractivity contribution in [1.29, 1.82) is 0 Å².